The Hall–Kier alpha value is -2.69. The van der Waals surface area contributed by atoms with E-state index >= 15 is 0 Å². The number of carbonyl (C=O) groups is 1. The Morgan fingerprint density at radius 3 is 2.43 bits per heavy atom. The van der Waals surface area contributed by atoms with E-state index in [4.69, 9.17) is 14.2 Å². The van der Waals surface area contributed by atoms with Gasteiger partial charge in [0.2, 0.25) is 0 Å². The van der Waals surface area contributed by atoms with E-state index in [0.717, 1.165) is 17.1 Å². The van der Waals surface area contributed by atoms with Crippen LogP contribution in [0.2, 0.25) is 0 Å². The molecule has 0 heterocycles. The maximum absolute atomic E-state index is 11.1. The van der Waals surface area contributed by atoms with E-state index in [-0.39, 0.29) is 6.61 Å². The molecule has 0 aliphatic rings. The van der Waals surface area contributed by atoms with E-state index in [9.17, 15) is 4.79 Å². The second-order valence-corrected chi connectivity index (χ2v) is 4.90. The van der Waals surface area contributed by atoms with Crippen molar-refractivity contribution in [1.82, 2.24) is 5.32 Å². The van der Waals surface area contributed by atoms with Crippen molar-refractivity contribution in [3.63, 3.8) is 0 Å². The van der Waals surface area contributed by atoms with E-state index in [1.165, 1.54) is 0 Å². The molecule has 0 bridgehead atoms. The van der Waals surface area contributed by atoms with E-state index in [2.05, 4.69) is 5.32 Å². The number of amides is 1. The summed E-state index contributed by atoms with van der Waals surface area (Å²) in [4.78, 5) is 11.1. The fraction of sp³-hybridized carbons (Fsp3) is 0.278. The summed E-state index contributed by atoms with van der Waals surface area (Å²) in [6.45, 7) is 4.90. The van der Waals surface area contributed by atoms with Gasteiger partial charge in [0.1, 0.15) is 30.5 Å². The molecule has 0 fully saturated rings. The Morgan fingerprint density at radius 1 is 1.00 bits per heavy atom. The minimum absolute atomic E-state index is 0.202. The number of benzene rings is 2. The predicted molar refractivity (Wildman–Crippen MR) is 88.2 cm³/mol. The number of rotatable bonds is 7. The highest BCUT2D eigenvalue weighted by Gasteiger charge is 2.01. The molecular weight excluding hydrogens is 294 g/mol. The standard InChI is InChI=1S/C18H21NO4/c1-3-19-18(20)22-12-11-21-15-7-9-16(10-8-15)23-17-6-4-5-14(2)13-17/h4-10,13H,3,11-12H2,1-2H3,(H,19,20). The molecule has 2 aromatic carbocycles. The van der Waals surface area contributed by atoms with Gasteiger partial charge in [0, 0.05) is 6.54 Å². The zero-order valence-corrected chi connectivity index (χ0v) is 13.4. The molecule has 23 heavy (non-hydrogen) atoms. The third-order valence-corrected chi connectivity index (χ3v) is 2.96. The van der Waals surface area contributed by atoms with Gasteiger partial charge in [0.25, 0.3) is 0 Å². The van der Waals surface area contributed by atoms with E-state index in [1.807, 2.05) is 62.4 Å². The molecule has 2 rings (SSSR count). The molecule has 1 N–H and O–H groups in total. The van der Waals surface area contributed by atoms with Gasteiger partial charge in [-0.15, -0.1) is 0 Å². The number of hydrogen-bond donors (Lipinski definition) is 1. The van der Waals surface area contributed by atoms with Crippen LogP contribution < -0.4 is 14.8 Å². The van der Waals surface area contributed by atoms with Crippen LogP contribution in [0.4, 0.5) is 4.79 Å². The molecule has 0 atom stereocenters. The lowest BCUT2D eigenvalue weighted by Crippen LogP contribution is -2.25. The third-order valence-electron chi connectivity index (χ3n) is 2.96. The van der Waals surface area contributed by atoms with Crippen LogP contribution in [0, 0.1) is 6.92 Å². The summed E-state index contributed by atoms with van der Waals surface area (Å²) in [7, 11) is 0. The Labute approximate surface area is 136 Å². The number of hydrogen-bond acceptors (Lipinski definition) is 4. The lowest BCUT2D eigenvalue weighted by atomic mass is 10.2. The number of nitrogens with one attached hydrogen (secondary N) is 1. The van der Waals surface area contributed by atoms with Crippen molar-refractivity contribution in [2.24, 2.45) is 0 Å². The van der Waals surface area contributed by atoms with Gasteiger partial charge in [-0.3, -0.25) is 0 Å². The molecule has 0 unspecified atom stereocenters. The zero-order valence-electron chi connectivity index (χ0n) is 13.4. The maximum Gasteiger partial charge on any atom is 0.407 e. The van der Waals surface area contributed by atoms with E-state index in [0.29, 0.717) is 18.9 Å². The summed E-state index contributed by atoms with van der Waals surface area (Å²) in [5, 5.41) is 2.55. The lowest BCUT2D eigenvalue weighted by molar-refractivity contribution is 0.125. The summed E-state index contributed by atoms with van der Waals surface area (Å²) in [5.74, 6) is 2.23. The minimum atomic E-state index is -0.432. The minimum Gasteiger partial charge on any atom is -0.490 e. The highest BCUT2D eigenvalue weighted by molar-refractivity contribution is 5.66. The topological polar surface area (TPSA) is 56.8 Å². The van der Waals surface area contributed by atoms with Crippen molar-refractivity contribution in [3.8, 4) is 17.2 Å². The average molecular weight is 315 g/mol. The summed E-state index contributed by atoms with van der Waals surface area (Å²) in [6.07, 6.45) is -0.432. The highest BCUT2D eigenvalue weighted by atomic mass is 16.6. The molecule has 0 spiro atoms. The molecular formula is C18H21NO4. The Balaban J connectivity index is 1.77. The molecule has 122 valence electrons. The van der Waals surface area contributed by atoms with Crippen molar-refractivity contribution < 1.29 is 19.0 Å². The lowest BCUT2D eigenvalue weighted by Gasteiger charge is -2.09. The van der Waals surface area contributed by atoms with Gasteiger partial charge in [-0.25, -0.2) is 4.79 Å². The molecule has 0 saturated carbocycles. The first-order valence-corrected chi connectivity index (χ1v) is 7.55. The predicted octanol–water partition coefficient (Wildman–Crippen LogP) is 3.91. The van der Waals surface area contributed by atoms with Crippen LogP contribution in [0.5, 0.6) is 17.2 Å². The smallest absolute Gasteiger partial charge is 0.407 e. The van der Waals surface area contributed by atoms with Gasteiger partial charge < -0.3 is 19.5 Å². The molecule has 5 heteroatoms. The summed E-state index contributed by atoms with van der Waals surface area (Å²) in [5.41, 5.74) is 1.15. The zero-order chi connectivity index (χ0) is 16.5. The maximum atomic E-state index is 11.1. The fourth-order valence-corrected chi connectivity index (χ4v) is 1.91. The molecule has 0 saturated heterocycles. The summed E-state index contributed by atoms with van der Waals surface area (Å²) < 4.78 is 16.2. The number of alkyl carbamates (subject to hydrolysis) is 1. The van der Waals surface area contributed by atoms with Crippen LogP contribution >= 0.6 is 0 Å². The molecule has 0 aliphatic carbocycles. The Kier molecular flexibility index (Phi) is 6.29. The van der Waals surface area contributed by atoms with E-state index < -0.39 is 6.09 Å². The normalized spacial score (nSPS) is 10.0. The van der Waals surface area contributed by atoms with Crippen molar-refractivity contribution in [2.45, 2.75) is 13.8 Å². The first-order chi connectivity index (χ1) is 11.2. The van der Waals surface area contributed by atoms with Gasteiger partial charge in [-0.05, 0) is 55.8 Å². The number of aryl methyl sites for hydroxylation is 1. The van der Waals surface area contributed by atoms with Crippen molar-refractivity contribution >= 4 is 6.09 Å². The monoisotopic (exact) mass is 315 g/mol. The highest BCUT2D eigenvalue weighted by Crippen LogP contribution is 2.24. The Bertz CT molecular complexity index is 625. The Morgan fingerprint density at radius 2 is 1.74 bits per heavy atom. The first kappa shape index (κ1) is 16.7. The largest absolute Gasteiger partial charge is 0.490 e. The third kappa shape index (κ3) is 5.90. The number of ether oxygens (including phenoxy) is 3. The SMILES string of the molecule is CCNC(=O)OCCOc1ccc(Oc2cccc(C)c2)cc1. The molecule has 5 nitrogen and oxygen atoms in total. The van der Waals surface area contributed by atoms with Gasteiger partial charge >= 0.3 is 6.09 Å². The van der Waals surface area contributed by atoms with Gasteiger partial charge in [0.05, 0.1) is 0 Å². The van der Waals surface area contributed by atoms with Crippen molar-refractivity contribution in [2.75, 3.05) is 19.8 Å². The van der Waals surface area contributed by atoms with Crippen molar-refractivity contribution in [1.29, 1.82) is 0 Å². The second kappa shape index (κ2) is 8.68. The van der Waals surface area contributed by atoms with Crippen LogP contribution in [-0.2, 0) is 4.74 Å². The number of carbonyl (C=O) groups excluding carboxylic acids is 1. The molecule has 0 radical (unpaired) electrons. The van der Waals surface area contributed by atoms with Crippen LogP contribution in [0.25, 0.3) is 0 Å². The first-order valence-electron chi connectivity index (χ1n) is 7.55. The van der Waals surface area contributed by atoms with Crippen LogP contribution in [0.15, 0.2) is 48.5 Å². The van der Waals surface area contributed by atoms with Crippen LogP contribution in [0.1, 0.15) is 12.5 Å². The van der Waals surface area contributed by atoms with Gasteiger partial charge in [-0.1, -0.05) is 12.1 Å². The molecule has 2 aromatic rings. The van der Waals surface area contributed by atoms with Gasteiger partial charge in [-0.2, -0.15) is 0 Å². The summed E-state index contributed by atoms with van der Waals surface area (Å²) >= 11 is 0. The molecule has 0 aromatic heterocycles. The average Bonchev–Trinajstić information content (AvgIpc) is 2.53. The molecule has 0 aliphatic heterocycles. The van der Waals surface area contributed by atoms with Crippen LogP contribution in [-0.4, -0.2) is 25.9 Å². The molecule has 1 amide bonds. The quantitative estimate of drug-likeness (QED) is 0.787. The van der Waals surface area contributed by atoms with Gasteiger partial charge in [0.15, 0.2) is 0 Å². The fourth-order valence-electron chi connectivity index (χ4n) is 1.91. The van der Waals surface area contributed by atoms with Crippen molar-refractivity contribution in [3.05, 3.63) is 54.1 Å². The van der Waals surface area contributed by atoms with Crippen LogP contribution in [0.3, 0.4) is 0 Å². The van der Waals surface area contributed by atoms with E-state index in [1.54, 1.807) is 0 Å². The summed E-state index contributed by atoms with van der Waals surface area (Å²) in [6, 6.07) is 15.2. The second-order valence-electron chi connectivity index (χ2n) is 4.90.